The monoisotopic (exact) mass is 170 g/mol. The number of hydrogen-bond acceptors (Lipinski definition) is 4. The Morgan fingerprint density at radius 1 is 1.25 bits per heavy atom. The van der Waals surface area contributed by atoms with Crippen LogP contribution < -0.4 is 0 Å². The average Bonchev–Trinajstić information content (AvgIpc) is 1.84. The number of carbonyl (C=O) groups is 2. The summed E-state index contributed by atoms with van der Waals surface area (Å²) in [5, 5.41) is 0. The first-order valence-corrected chi connectivity index (χ1v) is 3.23. The molecule has 0 aromatic rings. The van der Waals surface area contributed by atoms with E-state index in [9.17, 15) is 9.59 Å². The van der Waals surface area contributed by atoms with Gasteiger partial charge in [-0.25, -0.2) is 0 Å². The zero-order chi connectivity index (χ0) is 9.56. The van der Waals surface area contributed by atoms with Crippen LogP contribution in [0.3, 0.4) is 0 Å². The van der Waals surface area contributed by atoms with E-state index in [0.29, 0.717) is 0 Å². The Balaban J connectivity index is 3.76. The van der Waals surface area contributed by atoms with Crippen molar-refractivity contribution in [3.63, 3.8) is 0 Å². The van der Waals surface area contributed by atoms with E-state index in [-0.39, 0.29) is 5.76 Å². The fourth-order valence-electron chi connectivity index (χ4n) is 0.424. The summed E-state index contributed by atoms with van der Waals surface area (Å²) < 4.78 is 8.94. The number of ether oxygens (including phenoxy) is 2. The van der Waals surface area contributed by atoms with Gasteiger partial charge in [-0.2, -0.15) is 0 Å². The molecule has 0 spiro atoms. The molecule has 0 radical (unpaired) electrons. The summed E-state index contributed by atoms with van der Waals surface area (Å²) in [6.07, 6.45) is 2.39. The van der Waals surface area contributed by atoms with E-state index >= 15 is 0 Å². The maximum Gasteiger partial charge on any atom is 0.308 e. The van der Waals surface area contributed by atoms with Crippen molar-refractivity contribution in [3.05, 3.63) is 24.7 Å². The van der Waals surface area contributed by atoms with Crippen LogP contribution in [0.15, 0.2) is 24.7 Å². The average molecular weight is 170 g/mol. The smallest absolute Gasteiger partial charge is 0.308 e. The minimum atomic E-state index is -0.465. The molecule has 0 heterocycles. The Hall–Kier alpha value is -1.58. The second-order valence-corrected chi connectivity index (χ2v) is 1.97. The van der Waals surface area contributed by atoms with Crippen molar-refractivity contribution in [2.45, 2.75) is 13.8 Å². The maximum atomic E-state index is 10.3. The number of esters is 2. The molecule has 0 aromatic carbocycles. The van der Waals surface area contributed by atoms with Crippen molar-refractivity contribution in [2.24, 2.45) is 0 Å². The number of rotatable bonds is 3. The summed E-state index contributed by atoms with van der Waals surface area (Å²) in [5.41, 5.74) is 0. The van der Waals surface area contributed by atoms with E-state index in [2.05, 4.69) is 16.1 Å². The van der Waals surface area contributed by atoms with Gasteiger partial charge in [0.05, 0.1) is 6.26 Å². The molecule has 0 aliphatic carbocycles. The van der Waals surface area contributed by atoms with Gasteiger partial charge in [0.2, 0.25) is 0 Å². The summed E-state index contributed by atoms with van der Waals surface area (Å²) in [4.78, 5) is 20.6. The zero-order valence-electron chi connectivity index (χ0n) is 6.99. The highest BCUT2D eigenvalue weighted by molar-refractivity contribution is 5.68. The highest BCUT2D eigenvalue weighted by Crippen LogP contribution is 1.96. The molecule has 4 nitrogen and oxygen atoms in total. The lowest BCUT2D eigenvalue weighted by Gasteiger charge is -1.97. The third-order valence-electron chi connectivity index (χ3n) is 0.763. The van der Waals surface area contributed by atoms with Crippen LogP contribution in [0.5, 0.6) is 0 Å². The number of allylic oxidation sites excluding steroid dienone is 1. The fourth-order valence-corrected chi connectivity index (χ4v) is 0.424. The Bertz CT molecular complexity index is 227. The van der Waals surface area contributed by atoms with Crippen molar-refractivity contribution in [1.82, 2.24) is 0 Å². The van der Waals surface area contributed by atoms with Gasteiger partial charge < -0.3 is 9.47 Å². The van der Waals surface area contributed by atoms with Gasteiger partial charge in [0, 0.05) is 19.9 Å². The SMILES string of the molecule is C=C(C=COC(C)=O)OC(C)=O. The van der Waals surface area contributed by atoms with Crippen LogP contribution in [-0.4, -0.2) is 11.9 Å². The van der Waals surface area contributed by atoms with Crippen molar-refractivity contribution in [1.29, 1.82) is 0 Å². The Morgan fingerprint density at radius 2 is 1.83 bits per heavy atom. The molecule has 4 heteroatoms. The molecule has 0 amide bonds. The van der Waals surface area contributed by atoms with Gasteiger partial charge in [0.1, 0.15) is 5.76 Å². The van der Waals surface area contributed by atoms with Crippen molar-refractivity contribution < 1.29 is 19.1 Å². The molecular formula is C8H10O4. The van der Waals surface area contributed by atoms with Crippen LogP contribution in [-0.2, 0) is 19.1 Å². The Kier molecular flexibility index (Phi) is 4.45. The fraction of sp³-hybridized carbons (Fsp3) is 0.250. The molecule has 0 rings (SSSR count). The van der Waals surface area contributed by atoms with Gasteiger partial charge in [0.15, 0.2) is 0 Å². The quantitative estimate of drug-likeness (QED) is 0.362. The third-order valence-corrected chi connectivity index (χ3v) is 0.763. The molecule has 0 aliphatic heterocycles. The van der Waals surface area contributed by atoms with Crippen LogP contribution in [0.1, 0.15) is 13.8 Å². The lowest BCUT2D eigenvalue weighted by Crippen LogP contribution is -1.96. The molecule has 0 N–H and O–H groups in total. The minimum absolute atomic E-state index is 0.128. The molecule has 0 unspecified atom stereocenters. The molecule has 0 bridgehead atoms. The van der Waals surface area contributed by atoms with Gasteiger partial charge >= 0.3 is 11.9 Å². The van der Waals surface area contributed by atoms with E-state index in [1.807, 2.05) is 0 Å². The molecule has 0 atom stereocenters. The van der Waals surface area contributed by atoms with Crippen molar-refractivity contribution in [2.75, 3.05) is 0 Å². The van der Waals surface area contributed by atoms with Gasteiger partial charge in [-0.15, -0.1) is 0 Å². The minimum Gasteiger partial charge on any atom is -0.435 e. The predicted octanol–water partition coefficient (Wildman–Crippen LogP) is 1.14. The summed E-state index contributed by atoms with van der Waals surface area (Å²) in [7, 11) is 0. The normalized spacial score (nSPS) is 9.50. The first-order valence-electron chi connectivity index (χ1n) is 3.23. The maximum absolute atomic E-state index is 10.3. The summed E-state index contributed by atoms with van der Waals surface area (Å²) >= 11 is 0. The van der Waals surface area contributed by atoms with Crippen molar-refractivity contribution >= 4 is 11.9 Å². The Morgan fingerprint density at radius 3 is 2.25 bits per heavy atom. The number of carbonyl (C=O) groups excluding carboxylic acids is 2. The standard InChI is InChI=1S/C8H10O4/c1-6(12-8(3)10)4-5-11-7(2)9/h4-5H,1H2,2-3H3. The Labute approximate surface area is 70.5 Å². The van der Waals surface area contributed by atoms with E-state index < -0.39 is 11.9 Å². The van der Waals surface area contributed by atoms with Gasteiger partial charge in [0.25, 0.3) is 0 Å². The number of hydrogen-bond donors (Lipinski definition) is 0. The first-order chi connectivity index (χ1) is 5.52. The van der Waals surface area contributed by atoms with Crippen LogP contribution in [0, 0.1) is 0 Å². The van der Waals surface area contributed by atoms with Gasteiger partial charge in [-0.3, -0.25) is 9.59 Å². The lowest BCUT2D eigenvalue weighted by atomic mass is 10.5. The molecule has 0 aliphatic rings. The topological polar surface area (TPSA) is 52.6 Å². The summed E-state index contributed by atoms with van der Waals surface area (Å²) in [5.74, 6) is -0.780. The van der Waals surface area contributed by atoms with E-state index in [1.165, 1.54) is 19.9 Å². The van der Waals surface area contributed by atoms with Crippen LogP contribution >= 0.6 is 0 Å². The van der Waals surface area contributed by atoms with Gasteiger partial charge in [-0.05, 0) is 0 Å². The largest absolute Gasteiger partial charge is 0.435 e. The molecule has 0 saturated heterocycles. The molecule has 0 aromatic heterocycles. The predicted molar refractivity (Wildman–Crippen MR) is 41.8 cm³/mol. The zero-order valence-corrected chi connectivity index (χ0v) is 6.99. The highest BCUT2D eigenvalue weighted by Gasteiger charge is 1.93. The summed E-state index contributed by atoms with van der Waals surface area (Å²) in [6.45, 7) is 5.89. The van der Waals surface area contributed by atoms with E-state index in [0.717, 1.165) is 6.26 Å². The van der Waals surface area contributed by atoms with E-state index in [1.54, 1.807) is 0 Å². The third kappa shape index (κ3) is 6.54. The molecule has 12 heavy (non-hydrogen) atoms. The molecule has 66 valence electrons. The first kappa shape index (κ1) is 10.4. The van der Waals surface area contributed by atoms with Gasteiger partial charge in [-0.1, -0.05) is 6.58 Å². The lowest BCUT2D eigenvalue weighted by molar-refractivity contribution is -0.136. The van der Waals surface area contributed by atoms with Crippen LogP contribution in [0.2, 0.25) is 0 Å². The molecular weight excluding hydrogens is 160 g/mol. The van der Waals surface area contributed by atoms with Crippen LogP contribution in [0.4, 0.5) is 0 Å². The highest BCUT2D eigenvalue weighted by atomic mass is 16.5. The van der Waals surface area contributed by atoms with Crippen LogP contribution in [0.25, 0.3) is 0 Å². The van der Waals surface area contributed by atoms with E-state index in [4.69, 9.17) is 0 Å². The second-order valence-electron chi connectivity index (χ2n) is 1.97. The molecule has 0 fully saturated rings. The van der Waals surface area contributed by atoms with Crippen molar-refractivity contribution in [3.8, 4) is 0 Å². The summed E-state index contributed by atoms with van der Waals surface area (Å²) in [6, 6.07) is 0. The second kappa shape index (κ2) is 5.12. The molecule has 0 saturated carbocycles.